The molecule has 0 spiro atoms. The number of hydrogen-bond donors (Lipinski definition) is 2. The maximum Gasteiger partial charge on any atom is 0.418 e. The Morgan fingerprint density at radius 3 is 2.65 bits per heavy atom. The quantitative estimate of drug-likeness (QED) is 0.792. The minimum absolute atomic E-state index is 0.0107. The zero-order valence-corrected chi connectivity index (χ0v) is 14.1. The van der Waals surface area contributed by atoms with E-state index in [9.17, 15) is 18.0 Å². The molecule has 9 heteroatoms. The van der Waals surface area contributed by atoms with Crippen molar-refractivity contribution in [1.29, 1.82) is 0 Å². The third kappa shape index (κ3) is 4.32. The van der Waals surface area contributed by atoms with Crippen molar-refractivity contribution >= 4 is 28.9 Å². The van der Waals surface area contributed by atoms with Gasteiger partial charge >= 0.3 is 6.18 Å². The van der Waals surface area contributed by atoms with Crippen LogP contribution in [0.1, 0.15) is 12.0 Å². The second-order valence-electron chi connectivity index (χ2n) is 5.48. The molecule has 1 heterocycles. The Labute approximate surface area is 152 Å². The van der Waals surface area contributed by atoms with Gasteiger partial charge in [-0.2, -0.15) is 13.2 Å². The Morgan fingerprint density at radius 2 is 1.88 bits per heavy atom. The first-order valence-electron chi connectivity index (χ1n) is 7.63. The summed E-state index contributed by atoms with van der Waals surface area (Å²) in [6.07, 6.45) is -4.56. The summed E-state index contributed by atoms with van der Waals surface area (Å²) in [6.45, 7) is 0.153. The first-order valence-corrected chi connectivity index (χ1v) is 8.01. The molecule has 5 nitrogen and oxygen atoms in total. The summed E-state index contributed by atoms with van der Waals surface area (Å²) < 4.78 is 49.4. The van der Waals surface area contributed by atoms with Crippen LogP contribution in [0.5, 0.6) is 11.5 Å². The summed E-state index contributed by atoms with van der Waals surface area (Å²) in [5.74, 6) is 0.767. The van der Waals surface area contributed by atoms with E-state index in [0.29, 0.717) is 17.2 Å². The van der Waals surface area contributed by atoms with Crippen LogP contribution >= 0.6 is 11.6 Å². The van der Waals surface area contributed by atoms with Crippen LogP contribution in [-0.4, -0.2) is 19.2 Å². The van der Waals surface area contributed by atoms with Crippen LogP contribution in [0.4, 0.5) is 24.5 Å². The zero-order chi connectivity index (χ0) is 18.7. The van der Waals surface area contributed by atoms with Gasteiger partial charge in [-0.3, -0.25) is 4.79 Å². The van der Waals surface area contributed by atoms with Crippen LogP contribution in [0.2, 0.25) is 5.02 Å². The first kappa shape index (κ1) is 18.2. The van der Waals surface area contributed by atoms with Crippen molar-refractivity contribution in [2.75, 3.05) is 24.0 Å². The largest absolute Gasteiger partial charge is 0.454 e. The molecule has 1 aliphatic rings. The highest BCUT2D eigenvalue weighted by Crippen LogP contribution is 2.36. The summed E-state index contributed by atoms with van der Waals surface area (Å²) in [7, 11) is 0. The highest BCUT2D eigenvalue weighted by atomic mass is 35.5. The molecule has 0 fully saturated rings. The lowest BCUT2D eigenvalue weighted by atomic mass is 10.1. The van der Waals surface area contributed by atoms with Crippen molar-refractivity contribution in [1.82, 2.24) is 0 Å². The van der Waals surface area contributed by atoms with Crippen molar-refractivity contribution in [3.8, 4) is 11.5 Å². The van der Waals surface area contributed by atoms with E-state index in [1.54, 1.807) is 18.2 Å². The number of nitrogens with one attached hydrogen (secondary N) is 2. The lowest BCUT2D eigenvalue weighted by molar-refractivity contribution is -0.137. The maximum atomic E-state index is 13.0. The second-order valence-corrected chi connectivity index (χ2v) is 5.92. The molecule has 0 atom stereocenters. The number of ether oxygens (including phenoxy) is 2. The Morgan fingerprint density at radius 1 is 1.12 bits per heavy atom. The molecule has 0 saturated carbocycles. The molecule has 1 amide bonds. The molecule has 138 valence electrons. The van der Waals surface area contributed by atoms with E-state index in [1.165, 1.54) is 12.1 Å². The van der Waals surface area contributed by atoms with Crippen LogP contribution in [-0.2, 0) is 11.0 Å². The Bertz CT molecular complexity index is 827. The molecule has 2 aromatic carbocycles. The van der Waals surface area contributed by atoms with Crippen LogP contribution in [0.15, 0.2) is 36.4 Å². The summed E-state index contributed by atoms with van der Waals surface area (Å²) in [4.78, 5) is 12.0. The Balaban J connectivity index is 1.56. The molecule has 0 aliphatic carbocycles. The fourth-order valence-electron chi connectivity index (χ4n) is 2.41. The number of hydrogen-bond acceptors (Lipinski definition) is 4. The third-order valence-electron chi connectivity index (χ3n) is 3.61. The van der Waals surface area contributed by atoms with Crippen molar-refractivity contribution < 1.29 is 27.4 Å². The number of anilines is 2. The molecule has 1 aliphatic heterocycles. The lowest BCUT2D eigenvalue weighted by Crippen LogP contribution is -2.18. The van der Waals surface area contributed by atoms with E-state index in [2.05, 4.69) is 10.6 Å². The van der Waals surface area contributed by atoms with E-state index in [0.717, 1.165) is 6.07 Å². The molecular formula is C17H14ClF3N2O3. The van der Waals surface area contributed by atoms with Crippen LogP contribution in [0.3, 0.4) is 0 Å². The molecular weight excluding hydrogens is 373 g/mol. The number of benzene rings is 2. The van der Waals surface area contributed by atoms with Crippen LogP contribution < -0.4 is 20.1 Å². The van der Waals surface area contributed by atoms with Gasteiger partial charge < -0.3 is 20.1 Å². The molecule has 3 rings (SSSR count). The molecule has 0 bridgehead atoms. The number of carbonyl (C=O) groups is 1. The standard InChI is InChI=1S/C17H14ClF3N2O3/c18-10-1-3-13(12(7-10)17(19,20)21)22-6-5-16(24)23-11-2-4-14-15(8-11)26-9-25-14/h1-4,7-8,22H,5-6,9H2,(H,23,24). The monoisotopic (exact) mass is 386 g/mol. The highest BCUT2D eigenvalue weighted by Gasteiger charge is 2.33. The fourth-order valence-corrected chi connectivity index (χ4v) is 2.59. The molecule has 0 aromatic heterocycles. The van der Waals surface area contributed by atoms with Crippen LogP contribution in [0, 0.1) is 0 Å². The van der Waals surface area contributed by atoms with Gasteiger partial charge in [-0.1, -0.05) is 11.6 Å². The number of fused-ring (bicyclic) bond motifs is 1. The van der Waals surface area contributed by atoms with Gasteiger partial charge in [0.2, 0.25) is 12.7 Å². The first-order chi connectivity index (χ1) is 12.3. The number of rotatable bonds is 5. The third-order valence-corrected chi connectivity index (χ3v) is 3.85. The van der Waals surface area contributed by atoms with Crippen molar-refractivity contribution in [2.45, 2.75) is 12.6 Å². The van der Waals surface area contributed by atoms with Gasteiger partial charge in [0, 0.05) is 35.4 Å². The van der Waals surface area contributed by atoms with Gasteiger partial charge in [0.25, 0.3) is 0 Å². The van der Waals surface area contributed by atoms with Gasteiger partial charge in [-0.05, 0) is 30.3 Å². The number of amides is 1. The summed E-state index contributed by atoms with van der Waals surface area (Å²) in [5, 5.41) is 5.26. The summed E-state index contributed by atoms with van der Waals surface area (Å²) in [5.41, 5.74) is -0.485. The summed E-state index contributed by atoms with van der Waals surface area (Å²) in [6, 6.07) is 8.37. The van der Waals surface area contributed by atoms with Crippen molar-refractivity contribution in [3.63, 3.8) is 0 Å². The van der Waals surface area contributed by atoms with Crippen LogP contribution in [0.25, 0.3) is 0 Å². The number of alkyl halides is 3. The van der Waals surface area contributed by atoms with Gasteiger partial charge in [0.15, 0.2) is 11.5 Å². The molecule has 26 heavy (non-hydrogen) atoms. The zero-order valence-electron chi connectivity index (χ0n) is 13.3. The Kier molecular flexibility index (Phi) is 5.13. The maximum absolute atomic E-state index is 13.0. The smallest absolute Gasteiger partial charge is 0.418 e. The van der Waals surface area contributed by atoms with Crippen molar-refractivity contribution in [2.24, 2.45) is 0 Å². The minimum Gasteiger partial charge on any atom is -0.454 e. The minimum atomic E-state index is -4.54. The predicted octanol–water partition coefficient (Wildman–Crippen LogP) is 4.53. The highest BCUT2D eigenvalue weighted by molar-refractivity contribution is 6.30. The average Bonchev–Trinajstić information content (AvgIpc) is 3.03. The summed E-state index contributed by atoms with van der Waals surface area (Å²) >= 11 is 5.63. The SMILES string of the molecule is O=C(CCNc1ccc(Cl)cc1C(F)(F)F)Nc1ccc2c(c1)OCO2. The second kappa shape index (κ2) is 7.33. The Hall–Kier alpha value is -2.61. The van der Waals surface area contributed by atoms with E-state index in [4.69, 9.17) is 21.1 Å². The van der Waals surface area contributed by atoms with E-state index in [-0.39, 0.29) is 36.4 Å². The molecule has 0 saturated heterocycles. The average molecular weight is 387 g/mol. The van der Waals surface area contributed by atoms with Gasteiger partial charge in [0.05, 0.1) is 5.56 Å². The predicted molar refractivity (Wildman–Crippen MR) is 90.8 cm³/mol. The van der Waals surface area contributed by atoms with Gasteiger partial charge in [-0.25, -0.2) is 0 Å². The van der Waals surface area contributed by atoms with Gasteiger partial charge in [0.1, 0.15) is 0 Å². The van der Waals surface area contributed by atoms with Crippen molar-refractivity contribution in [3.05, 3.63) is 47.0 Å². The van der Waals surface area contributed by atoms with E-state index >= 15 is 0 Å². The van der Waals surface area contributed by atoms with Gasteiger partial charge in [-0.15, -0.1) is 0 Å². The molecule has 0 unspecified atom stereocenters. The lowest BCUT2D eigenvalue weighted by Gasteiger charge is -2.15. The topological polar surface area (TPSA) is 59.6 Å². The molecule has 2 aromatic rings. The molecule has 2 N–H and O–H groups in total. The van der Waals surface area contributed by atoms with E-state index < -0.39 is 11.7 Å². The number of halogens is 4. The fraction of sp³-hybridized carbons (Fsp3) is 0.235. The normalized spacial score (nSPS) is 12.8. The van der Waals surface area contributed by atoms with E-state index in [1.807, 2.05) is 0 Å². The number of carbonyl (C=O) groups excluding carboxylic acids is 1. The molecule has 0 radical (unpaired) electrons.